The van der Waals surface area contributed by atoms with Crippen molar-refractivity contribution in [2.24, 2.45) is 0 Å². The van der Waals surface area contributed by atoms with E-state index in [-0.39, 0.29) is 6.04 Å². The van der Waals surface area contributed by atoms with Gasteiger partial charge in [-0.2, -0.15) is 0 Å². The number of carbonyl (C=O) groups is 1. The molecule has 0 saturated carbocycles. The smallest absolute Gasteiger partial charge is 0.320 e. The van der Waals surface area contributed by atoms with Crippen molar-refractivity contribution in [2.75, 3.05) is 6.54 Å². The molecule has 1 fully saturated rings. The third kappa shape index (κ3) is 3.10. The van der Waals surface area contributed by atoms with Gasteiger partial charge in [-0.15, -0.1) is 0 Å². The Morgan fingerprint density at radius 1 is 1.50 bits per heavy atom. The van der Waals surface area contributed by atoms with E-state index in [1.54, 1.807) is 0 Å². The van der Waals surface area contributed by atoms with Crippen LogP contribution in [0.1, 0.15) is 43.6 Å². The fourth-order valence-corrected chi connectivity index (χ4v) is 2.49. The lowest BCUT2D eigenvalue weighted by molar-refractivity contribution is -0.144. The van der Waals surface area contributed by atoms with E-state index in [2.05, 4.69) is 4.98 Å². The number of aromatic nitrogens is 1. The summed E-state index contributed by atoms with van der Waals surface area (Å²) < 4.78 is 5.17. The molecule has 2 heterocycles. The van der Waals surface area contributed by atoms with E-state index in [1.165, 1.54) is 12.8 Å². The lowest BCUT2D eigenvalue weighted by Crippen LogP contribution is -2.42. The van der Waals surface area contributed by atoms with E-state index in [4.69, 9.17) is 4.42 Å². The monoisotopic (exact) mass is 252 g/mol. The van der Waals surface area contributed by atoms with Gasteiger partial charge in [0.1, 0.15) is 11.8 Å². The predicted octanol–water partition coefficient (Wildman–Crippen LogP) is 2.20. The minimum atomic E-state index is -0.724. The summed E-state index contributed by atoms with van der Waals surface area (Å²) in [6.45, 7) is 3.25. The molecule has 2 rings (SSSR count). The maximum absolute atomic E-state index is 11.4. The maximum Gasteiger partial charge on any atom is 0.320 e. The molecule has 0 radical (unpaired) electrons. The Morgan fingerprint density at radius 3 is 2.94 bits per heavy atom. The van der Waals surface area contributed by atoms with E-state index in [9.17, 15) is 9.90 Å². The van der Waals surface area contributed by atoms with Crippen LogP contribution in [0, 0.1) is 6.92 Å². The second-order valence-corrected chi connectivity index (χ2v) is 4.88. The van der Waals surface area contributed by atoms with Crippen molar-refractivity contribution in [3.63, 3.8) is 0 Å². The van der Waals surface area contributed by atoms with Crippen LogP contribution in [0.15, 0.2) is 10.8 Å². The Hall–Kier alpha value is -1.36. The highest BCUT2D eigenvalue weighted by atomic mass is 16.4. The molecular weight excluding hydrogens is 232 g/mol. The summed E-state index contributed by atoms with van der Waals surface area (Å²) >= 11 is 0. The second kappa shape index (κ2) is 6.00. The van der Waals surface area contributed by atoms with Crippen molar-refractivity contribution in [1.82, 2.24) is 9.88 Å². The number of carboxylic acids is 1. The molecule has 1 aromatic heterocycles. The molecule has 1 aromatic rings. The minimum Gasteiger partial charge on any atom is -0.480 e. The van der Waals surface area contributed by atoms with Gasteiger partial charge in [-0.1, -0.05) is 19.3 Å². The Labute approximate surface area is 107 Å². The molecular formula is C13H20N2O3. The first-order valence-electron chi connectivity index (χ1n) is 6.54. The highest BCUT2D eigenvalue weighted by molar-refractivity contribution is 5.73. The van der Waals surface area contributed by atoms with E-state index in [0.717, 1.165) is 43.7 Å². The number of rotatable bonds is 3. The van der Waals surface area contributed by atoms with Crippen LogP contribution in [-0.4, -0.2) is 33.5 Å². The Bertz CT molecular complexity index is 403. The molecule has 0 spiro atoms. The van der Waals surface area contributed by atoms with Gasteiger partial charge in [-0.3, -0.25) is 9.69 Å². The molecule has 5 nitrogen and oxygen atoms in total. The largest absolute Gasteiger partial charge is 0.480 e. The first-order chi connectivity index (χ1) is 8.68. The maximum atomic E-state index is 11.4. The molecule has 1 unspecified atom stereocenters. The van der Waals surface area contributed by atoms with Crippen LogP contribution in [0.2, 0.25) is 0 Å². The van der Waals surface area contributed by atoms with Gasteiger partial charge >= 0.3 is 5.97 Å². The quantitative estimate of drug-likeness (QED) is 0.893. The average molecular weight is 252 g/mol. The van der Waals surface area contributed by atoms with Gasteiger partial charge in [0.25, 0.3) is 0 Å². The molecule has 1 aliphatic rings. The highest BCUT2D eigenvalue weighted by Gasteiger charge is 2.27. The number of carboxylic acid groups (broad SMARTS) is 1. The molecule has 0 amide bonds. The van der Waals surface area contributed by atoms with Gasteiger partial charge in [0.2, 0.25) is 0 Å². The Balaban J connectivity index is 2.09. The van der Waals surface area contributed by atoms with Crippen LogP contribution < -0.4 is 0 Å². The molecule has 1 N–H and O–H groups in total. The Morgan fingerprint density at radius 2 is 2.28 bits per heavy atom. The second-order valence-electron chi connectivity index (χ2n) is 4.88. The first kappa shape index (κ1) is 13.1. The third-order valence-corrected chi connectivity index (χ3v) is 3.60. The number of hydrogen-bond donors (Lipinski definition) is 1. The summed E-state index contributed by atoms with van der Waals surface area (Å²) in [7, 11) is 0. The van der Waals surface area contributed by atoms with E-state index < -0.39 is 5.97 Å². The molecule has 1 saturated heterocycles. The van der Waals surface area contributed by atoms with E-state index in [1.807, 2.05) is 11.8 Å². The standard InChI is InChI=1S/C13H20N2O3/c1-10-11(14-9-18-10)8-15-7-5-3-2-4-6-12(15)13(16)17/h9,12H,2-8H2,1H3,(H,16,17). The topological polar surface area (TPSA) is 66.6 Å². The van der Waals surface area contributed by atoms with Crippen molar-refractivity contribution >= 4 is 5.97 Å². The lowest BCUT2D eigenvalue weighted by atomic mass is 10.0. The molecule has 0 bridgehead atoms. The van der Waals surface area contributed by atoms with Crippen LogP contribution >= 0.6 is 0 Å². The summed E-state index contributed by atoms with van der Waals surface area (Å²) in [4.78, 5) is 17.5. The third-order valence-electron chi connectivity index (χ3n) is 3.60. The molecule has 18 heavy (non-hydrogen) atoms. The number of hydrogen-bond acceptors (Lipinski definition) is 4. The van der Waals surface area contributed by atoms with Crippen molar-refractivity contribution in [1.29, 1.82) is 0 Å². The fraction of sp³-hybridized carbons (Fsp3) is 0.692. The van der Waals surface area contributed by atoms with Crippen LogP contribution in [0.3, 0.4) is 0 Å². The number of aliphatic carboxylic acids is 1. The van der Waals surface area contributed by atoms with Gasteiger partial charge in [0.05, 0.1) is 5.69 Å². The SMILES string of the molecule is Cc1ocnc1CN1CCCCCCC1C(=O)O. The summed E-state index contributed by atoms with van der Waals surface area (Å²) in [5.74, 6) is 0.0549. The average Bonchev–Trinajstić information content (AvgIpc) is 2.68. The molecule has 0 aromatic carbocycles. The first-order valence-corrected chi connectivity index (χ1v) is 6.54. The van der Waals surface area contributed by atoms with Crippen LogP contribution in [0.4, 0.5) is 0 Å². The molecule has 1 atom stereocenters. The number of aryl methyl sites for hydroxylation is 1. The van der Waals surface area contributed by atoms with Crippen LogP contribution in [0.25, 0.3) is 0 Å². The molecule has 0 aliphatic carbocycles. The van der Waals surface area contributed by atoms with Gasteiger partial charge in [0.15, 0.2) is 6.39 Å². The summed E-state index contributed by atoms with van der Waals surface area (Å²) in [5, 5.41) is 9.34. The summed E-state index contributed by atoms with van der Waals surface area (Å²) in [5.41, 5.74) is 0.849. The van der Waals surface area contributed by atoms with Crippen molar-refractivity contribution in [3.05, 3.63) is 17.8 Å². The zero-order valence-electron chi connectivity index (χ0n) is 10.8. The van der Waals surface area contributed by atoms with Gasteiger partial charge in [0, 0.05) is 6.54 Å². The van der Waals surface area contributed by atoms with Crippen LogP contribution in [0.5, 0.6) is 0 Å². The number of oxazole rings is 1. The van der Waals surface area contributed by atoms with Crippen molar-refractivity contribution in [3.8, 4) is 0 Å². The van der Waals surface area contributed by atoms with E-state index in [0.29, 0.717) is 6.54 Å². The fourth-order valence-electron chi connectivity index (χ4n) is 2.49. The van der Waals surface area contributed by atoms with Crippen molar-refractivity contribution in [2.45, 2.75) is 51.6 Å². The lowest BCUT2D eigenvalue weighted by Gasteiger charge is -2.30. The van der Waals surface area contributed by atoms with Crippen molar-refractivity contribution < 1.29 is 14.3 Å². The number of likely N-dealkylation sites (tertiary alicyclic amines) is 1. The molecule has 1 aliphatic heterocycles. The summed E-state index contributed by atoms with van der Waals surface area (Å²) in [6.07, 6.45) is 6.52. The van der Waals surface area contributed by atoms with Gasteiger partial charge < -0.3 is 9.52 Å². The Kier molecular flexibility index (Phi) is 4.36. The van der Waals surface area contributed by atoms with Crippen LogP contribution in [-0.2, 0) is 11.3 Å². The zero-order valence-corrected chi connectivity index (χ0v) is 10.8. The number of nitrogens with zero attached hydrogens (tertiary/aromatic N) is 2. The molecule has 100 valence electrons. The normalized spacial score (nSPS) is 22.4. The van der Waals surface area contributed by atoms with Gasteiger partial charge in [-0.05, 0) is 26.3 Å². The summed E-state index contributed by atoms with van der Waals surface area (Å²) in [6, 6.07) is -0.388. The van der Waals surface area contributed by atoms with Gasteiger partial charge in [-0.25, -0.2) is 4.98 Å². The highest BCUT2D eigenvalue weighted by Crippen LogP contribution is 2.20. The minimum absolute atomic E-state index is 0.388. The predicted molar refractivity (Wildman–Crippen MR) is 66.2 cm³/mol. The zero-order chi connectivity index (χ0) is 13.0. The molecule has 5 heteroatoms. The van der Waals surface area contributed by atoms with E-state index >= 15 is 0 Å².